The highest BCUT2D eigenvalue weighted by molar-refractivity contribution is 5.84. The molecule has 0 saturated carbocycles. The number of rotatable bonds is 4. The molecule has 2 saturated heterocycles. The highest BCUT2D eigenvalue weighted by atomic mass is 16.2. The van der Waals surface area contributed by atoms with Crippen molar-refractivity contribution in [2.24, 2.45) is 11.8 Å². The molecule has 2 aliphatic heterocycles. The highest BCUT2D eigenvalue weighted by Crippen LogP contribution is 2.23. The van der Waals surface area contributed by atoms with E-state index in [2.05, 4.69) is 42.9 Å². The van der Waals surface area contributed by atoms with E-state index in [1.54, 1.807) is 0 Å². The average molecular weight is 267 g/mol. The van der Waals surface area contributed by atoms with Crippen LogP contribution in [0.3, 0.4) is 0 Å². The summed E-state index contributed by atoms with van der Waals surface area (Å²) in [4.78, 5) is 17.0. The first-order chi connectivity index (χ1) is 9.02. The number of nitrogens with one attached hydrogen (secondary N) is 1. The van der Waals surface area contributed by atoms with Gasteiger partial charge in [0.25, 0.3) is 0 Å². The van der Waals surface area contributed by atoms with E-state index in [1.807, 2.05) is 0 Å². The minimum atomic E-state index is 0.0290. The Morgan fingerprint density at radius 2 is 2.21 bits per heavy atom. The van der Waals surface area contributed by atoms with Crippen molar-refractivity contribution in [3.63, 3.8) is 0 Å². The molecule has 4 unspecified atom stereocenters. The quantitative estimate of drug-likeness (QED) is 0.839. The second-order valence-corrected chi connectivity index (χ2v) is 6.47. The summed E-state index contributed by atoms with van der Waals surface area (Å²) < 4.78 is 0. The number of nitrogens with zero attached hydrogens (tertiary/aromatic N) is 2. The van der Waals surface area contributed by atoms with Crippen molar-refractivity contribution in [2.75, 3.05) is 26.7 Å². The van der Waals surface area contributed by atoms with E-state index in [0.717, 1.165) is 19.5 Å². The maximum absolute atomic E-state index is 12.5. The predicted molar refractivity (Wildman–Crippen MR) is 77.8 cm³/mol. The fraction of sp³-hybridized carbons (Fsp3) is 0.933. The van der Waals surface area contributed by atoms with Crippen molar-refractivity contribution in [1.82, 2.24) is 15.1 Å². The molecule has 0 aromatic heterocycles. The van der Waals surface area contributed by atoms with Crippen LogP contribution < -0.4 is 5.32 Å². The first-order valence-corrected chi connectivity index (χ1v) is 7.78. The van der Waals surface area contributed by atoms with Crippen LogP contribution in [0.25, 0.3) is 0 Å². The van der Waals surface area contributed by atoms with Gasteiger partial charge in [-0.05, 0) is 45.2 Å². The third kappa shape index (κ3) is 3.29. The lowest BCUT2D eigenvalue weighted by Gasteiger charge is -2.33. The summed E-state index contributed by atoms with van der Waals surface area (Å²) in [5.74, 6) is 1.38. The van der Waals surface area contributed by atoms with Gasteiger partial charge in [0.1, 0.15) is 0 Å². The molecule has 1 N–H and O–H groups in total. The SMILES string of the molecule is CCC(C)C1NC(C)N(CC2CCCN(C)C2)C1=O. The summed E-state index contributed by atoms with van der Waals surface area (Å²) in [7, 11) is 2.18. The standard InChI is InChI=1S/C15H29N3O/c1-5-11(2)14-15(19)18(12(3)16-14)10-13-7-6-8-17(4)9-13/h11-14,16H,5-10H2,1-4H3. The van der Waals surface area contributed by atoms with E-state index in [0.29, 0.717) is 17.7 Å². The van der Waals surface area contributed by atoms with E-state index in [9.17, 15) is 4.79 Å². The second-order valence-electron chi connectivity index (χ2n) is 6.47. The zero-order valence-electron chi connectivity index (χ0n) is 12.9. The van der Waals surface area contributed by atoms with Crippen LogP contribution in [-0.4, -0.2) is 54.6 Å². The molecule has 4 atom stereocenters. The summed E-state index contributed by atoms with van der Waals surface area (Å²) >= 11 is 0. The summed E-state index contributed by atoms with van der Waals surface area (Å²) in [5, 5.41) is 3.47. The van der Waals surface area contributed by atoms with Crippen LogP contribution in [0.15, 0.2) is 0 Å². The fourth-order valence-electron chi connectivity index (χ4n) is 3.38. The molecule has 2 fully saturated rings. The van der Waals surface area contributed by atoms with Crippen LogP contribution in [0.4, 0.5) is 0 Å². The molecule has 2 rings (SSSR count). The number of likely N-dealkylation sites (tertiary alicyclic amines) is 1. The smallest absolute Gasteiger partial charge is 0.241 e. The van der Waals surface area contributed by atoms with Gasteiger partial charge in [0.05, 0.1) is 12.2 Å². The van der Waals surface area contributed by atoms with Crippen LogP contribution in [-0.2, 0) is 4.79 Å². The van der Waals surface area contributed by atoms with Crippen molar-refractivity contribution in [1.29, 1.82) is 0 Å². The first-order valence-electron chi connectivity index (χ1n) is 7.78. The molecule has 2 heterocycles. The minimum Gasteiger partial charge on any atom is -0.326 e. The van der Waals surface area contributed by atoms with E-state index in [1.165, 1.54) is 19.4 Å². The fourth-order valence-corrected chi connectivity index (χ4v) is 3.38. The van der Waals surface area contributed by atoms with Gasteiger partial charge in [-0.2, -0.15) is 0 Å². The molecule has 0 aromatic rings. The second kappa shape index (κ2) is 6.23. The molecule has 1 amide bonds. The maximum atomic E-state index is 12.5. The largest absolute Gasteiger partial charge is 0.326 e. The molecule has 110 valence electrons. The highest BCUT2D eigenvalue weighted by Gasteiger charge is 2.39. The van der Waals surface area contributed by atoms with Crippen molar-refractivity contribution in [3.05, 3.63) is 0 Å². The summed E-state index contributed by atoms with van der Waals surface area (Å²) in [6, 6.07) is 0.0290. The molecule has 0 radical (unpaired) electrons. The number of carbonyl (C=O) groups is 1. The van der Waals surface area contributed by atoms with Gasteiger partial charge in [-0.1, -0.05) is 20.3 Å². The molecule has 0 aliphatic carbocycles. The Hall–Kier alpha value is -0.610. The van der Waals surface area contributed by atoms with Crippen LogP contribution in [0.1, 0.15) is 40.0 Å². The third-order valence-electron chi connectivity index (χ3n) is 4.83. The van der Waals surface area contributed by atoms with Gasteiger partial charge < -0.3 is 9.80 Å². The number of hydrogen-bond acceptors (Lipinski definition) is 3. The normalized spacial score (nSPS) is 34.8. The lowest BCUT2D eigenvalue weighted by Crippen LogP contribution is -2.43. The van der Waals surface area contributed by atoms with Crippen LogP contribution in [0.2, 0.25) is 0 Å². The molecule has 19 heavy (non-hydrogen) atoms. The molecule has 4 nitrogen and oxygen atoms in total. The number of piperidine rings is 1. The van der Waals surface area contributed by atoms with Crippen molar-refractivity contribution < 1.29 is 4.79 Å². The van der Waals surface area contributed by atoms with Gasteiger partial charge in [0.2, 0.25) is 5.91 Å². The lowest BCUT2D eigenvalue weighted by molar-refractivity contribution is -0.131. The predicted octanol–water partition coefficient (Wildman–Crippen LogP) is 1.52. The molecular formula is C15H29N3O. The van der Waals surface area contributed by atoms with Crippen LogP contribution in [0, 0.1) is 11.8 Å². The van der Waals surface area contributed by atoms with Gasteiger partial charge in [0, 0.05) is 13.1 Å². The lowest BCUT2D eigenvalue weighted by atomic mass is 9.96. The molecule has 0 bridgehead atoms. The molecule has 4 heteroatoms. The van der Waals surface area contributed by atoms with Gasteiger partial charge in [-0.25, -0.2) is 0 Å². The molecular weight excluding hydrogens is 238 g/mol. The monoisotopic (exact) mass is 267 g/mol. The Bertz CT molecular complexity index is 321. The van der Waals surface area contributed by atoms with Gasteiger partial charge in [0.15, 0.2) is 0 Å². The number of carbonyl (C=O) groups excluding carboxylic acids is 1. The van der Waals surface area contributed by atoms with E-state index < -0.39 is 0 Å². The topological polar surface area (TPSA) is 35.6 Å². The van der Waals surface area contributed by atoms with Crippen LogP contribution >= 0.6 is 0 Å². The molecule has 0 spiro atoms. The Morgan fingerprint density at radius 1 is 1.47 bits per heavy atom. The van der Waals surface area contributed by atoms with E-state index >= 15 is 0 Å². The maximum Gasteiger partial charge on any atom is 0.241 e. The zero-order valence-corrected chi connectivity index (χ0v) is 12.9. The van der Waals surface area contributed by atoms with E-state index in [4.69, 9.17) is 0 Å². The summed E-state index contributed by atoms with van der Waals surface area (Å²) in [6.45, 7) is 9.69. The summed E-state index contributed by atoms with van der Waals surface area (Å²) in [6.07, 6.45) is 3.77. The number of hydrogen-bond donors (Lipinski definition) is 1. The Labute approximate surface area is 117 Å². The average Bonchev–Trinajstić information content (AvgIpc) is 2.66. The summed E-state index contributed by atoms with van der Waals surface area (Å²) in [5.41, 5.74) is 0. The Balaban J connectivity index is 1.94. The van der Waals surface area contributed by atoms with Crippen LogP contribution in [0.5, 0.6) is 0 Å². The van der Waals surface area contributed by atoms with E-state index in [-0.39, 0.29) is 12.2 Å². The van der Waals surface area contributed by atoms with Gasteiger partial charge >= 0.3 is 0 Å². The number of amides is 1. The Morgan fingerprint density at radius 3 is 2.84 bits per heavy atom. The van der Waals surface area contributed by atoms with Crippen molar-refractivity contribution in [3.8, 4) is 0 Å². The van der Waals surface area contributed by atoms with Crippen molar-refractivity contribution in [2.45, 2.75) is 52.2 Å². The Kier molecular flexibility index (Phi) is 4.85. The molecule has 0 aromatic carbocycles. The zero-order chi connectivity index (χ0) is 14.0. The van der Waals surface area contributed by atoms with Crippen molar-refractivity contribution >= 4 is 5.91 Å². The third-order valence-corrected chi connectivity index (χ3v) is 4.83. The molecule has 2 aliphatic rings. The van der Waals surface area contributed by atoms with Gasteiger partial charge in [-0.3, -0.25) is 10.1 Å². The minimum absolute atomic E-state index is 0.0290. The first kappa shape index (κ1) is 14.8. The van der Waals surface area contributed by atoms with Gasteiger partial charge in [-0.15, -0.1) is 0 Å².